The summed E-state index contributed by atoms with van der Waals surface area (Å²) in [6.45, 7) is 1.09. The Bertz CT molecular complexity index is 841. The van der Waals surface area contributed by atoms with Crippen molar-refractivity contribution in [3.05, 3.63) is 47.8 Å². The number of carbonyl (C=O) groups excluding carboxylic acids is 2. The summed E-state index contributed by atoms with van der Waals surface area (Å²) in [5.41, 5.74) is 2.80. The van der Waals surface area contributed by atoms with E-state index in [0.29, 0.717) is 13.2 Å². The molecule has 0 radical (unpaired) electrons. The smallest absolute Gasteiger partial charge is 0.253 e. The number of aryl methyl sites for hydroxylation is 1. The van der Waals surface area contributed by atoms with Gasteiger partial charge in [0.25, 0.3) is 5.91 Å². The fourth-order valence-electron chi connectivity index (χ4n) is 3.57. The Hall–Kier alpha value is -2.67. The minimum atomic E-state index is -0.354. The second-order valence-electron chi connectivity index (χ2n) is 7.31. The van der Waals surface area contributed by atoms with Crippen molar-refractivity contribution in [2.75, 3.05) is 11.9 Å². The van der Waals surface area contributed by atoms with Crippen LogP contribution in [0.25, 0.3) is 0 Å². The van der Waals surface area contributed by atoms with E-state index in [0.717, 1.165) is 36.1 Å². The van der Waals surface area contributed by atoms with Gasteiger partial charge in [0.1, 0.15) is 6.10 Å². The van der Waals surface area contributed by atoms with Gasteiger partial charge in [-0.3, -0.25) is 14.3 Å². The number of hydrogen-bond donors (Lipinski definition) is 2. The van der Waals surface area contributed by atoms with E-state index in [9.17, 15) is 9.59 Å². The fourth-order valence-corrected chi connectivity index (χ4v) is 3.57. The van der Waals surface area contributed by atoms with Crippen LogP contribution in [0.5, 0.6) is 0 Å². The van der Waals surface area contributed by atoms with Gasteiger partial charge in [0, 0.05) is 38.0 Å². The Labute approximate surface area is 158 Å². The lowest BCUT2D eigenvalue weighted by atomic mass is 10.1. The zero-order valence-corrected chi connectivity index (χ0v) is 15.4. The molecular formula is C20H24N4O3. The molecule has 7 nitrogen and oxygen atoms in total. The van der Waals surface area contributed by atoms with Crippen molar-refractivity contribution in [1.29, 1.82) is 0 Å². The number of anilines is 1. The molecule has 2 heterocycles. The van der Waals surface area contributed by atoms with Crippen LogP contribution in [-0.2, 0) is 27.9 Å². The predicted molar refractivity (Wildman–Crippen MR) is 99.9 cm³/mol. The van der Waals surface area contributed by atoms with E-state index >= 15 is 0 Å². The molecular weight excluding hydrogens is 344 g/mol. The molecule has 3 atom stereocenters. The van der Waals surface area contributed by atoms with Gasteiger partial charge < -0.3 is 15.4 Å². The first kappa shape index (κ1) is 17.7. The number of aromatic nitrogens is 2. The van der Waals surface area contributed by atoms with Gasteiger partial charge in [0.05, 0.1) is 6.20 Å². The predicted octanol–water partition coefficient (Wildman–Crippen LogP) is 1.96. The highest BCUT2D eigenvalue weighted by Crippen LogP contribution is 2.47. The molecule has 2 N–H and O–H groups in total. The molecule has 1 saturated heterocycles. The second-order valence-corrected chi connectivity index (χ2v) is 7.31. The SMILES string of the molecule is Cn1cc([C@@H]2C[C@H]2C(=O)NCc2cccc(NC(=O)[C@@H]3CCCO3)c2)cn1. The third-order valence-corrected chi connectivity index (χ3v) is 5.16. The molecule has 1 aliphatic heterocycles. The molecule has 1 saturated carbocycles. The third-order valence-electron chi connectivity index (χ3n) is 5.16. The van der Waals surface area contributed by atoms with Crippen LogP contribution in [0, 0.1) is 5.92 Å². The number of carbonyl (C=O) groups is 2. The van der Waals surface area contributed by atoms with Crippen LogP contribution in [0.4, 0.5) is 5.69 Å². The second kappa shape index (κ2) is 7.52. The standard InChI is InChI=1S/C20H24N4O3/c1-24-12-14(11-22-24)16-9-17(16)19(25)21-10-13-4-2-5-15(8-13)23-20(26)18-6-3-7-27-18/h2,4-5,8,11-12,16-18H,3,6-7,9-10H2,1H3,(H,21,25)(H,23,26)/t16-,17+,18-/m0/s1. The molecule has 2 aromatic rings. The molecule has 1 aromatic carbocycles. The van der Waals surface area contributed by atoms with Crippen molar-refractivity contribution in [3.8, 4) is 0 Å². The minimum absolute atomic E-state index is 0.0246. The van der Waals surface area contributed by atoms with Crippen molar-refractivity contribution >= 4 is 17.5 Å². The number of nitrogens with one attached hydrogen (secondary N) is 2. The Morgan fingerprint density at radius 3 is 2.96 bits per heavy atom. The Kier molecular flexibility index (Phi) is 4.94. The number of benzene rings is 1. The lowest BCUT2D eigenvalue weighted by Gasteiger charge is -2.12. The molecule has 2 amide bonds. The molecule has 0 spiro atoms. The molecule has 4 rings (SSSR count). The number of rotatable bonds is 6. The lowest BCUT2D eigenvalue weighted by Crippen LogP contribution is -2.27. The highest BCUT2D eigenvalue weighted by Gasteiger charge is 2.44. The first-order chi connectivity index (χ1) is 13.1. The van der Waals surface area contributed by atoms with Gasteiger partial charge in [-0.1, -0.05) is 12.1 Å². The van der Waals surface area contributed by atoms with E-state index in [-0.39, 0.29) is 29.8 Å². The highest BCUT2D eigenvalue weighted by atomic mass is 16.5. The van der Waals surface area contributed by atoms with Gasteiger partial charge in [-0.05, 0) is 48.4 Å². The van der Waals surface area contributed by atoms with Gasteiger partial charge in [-0.2, -0.15) is 5.10 Å². The summed E-state index contributed by atoms with van der Waals surface area (Å²) >= 11 is 0. The topological polar surface area (TPSA) is 85.2 Å². The Morgan fingerprint density at radius 1 is 1.33 bits per heavy atom. The van der Waals surface area contributed by atoms with Crippen molar-refractivity contribution in [3.63, 3.8) is 0 Å². The van der Waals surface area contributed by atoms with Crippen molar-refractivity contribution < 1.29 is 14.3 Å². The van der Waals surface area contributed by atoms with Crippen LogP contribution in [0.2, 0.25) is 0 Å². The summed E-state index contributed by atoms with van der Waals surface area (Å²) < 4.78 is 7.17. The van der Waals surface area contributed by atoms with E-state index in [1.54, 1.807) is 4.68 Å². The van der Waals surface area contributed by atoms with Crippen LogP contribution >= 0.6 is 0 Å². The maximum absolute atomic E-state index is 12.4. The van der Waals surface area contributed by atoms with Crippen LogP contribution in [-0.4, -0.2) is 34.3 Å². The van der Waals surface area contributed by atoms with Crippen molar-refractivity contribution in [2.24, 2.45) is 13.0 Å². The summed E-state index contributed by atoms with van der Waals surface area (Å²) in [4.78, 5) is 24.5. The van der Waals surface area contributed by atoms with Crippen LogP contribution in [0.15, 0.2) is 36.7 Å². The quantitative estimate of drug-likeness (QED) is 0.816. The van der Waals surface area contributed by atoms with Crippen LogP contribution in [0.1, 0.15) is 36.3 Å². The number of ether oxygens (including phenoxy) is 1. The minimum Gasteiger partial charge on any atom is -0.368 e. The monoisotopic (exact) mass is 368 g/mol. The summed E-state index contributed by atoms with van der Waals surface area (Å²) in [5, 5.41) is 10.1. The van der Waals surface area contributed by atoms with Gasteiger partial charge in [0.2, 0.25) is 5.91 Å². The van der Waals surface area contributed by atoms with Gasteiger partial charge in [-0.15, -0.1) is 0 Å². The number of amides is 2. The summed E-state index contributed by atoms with van der Waals surface area (Å²) in [6.07, 6.45) is 6.00. The molecule has 1 aliphatic carbocycles. The average Bonchev–Trinajstić information content (AvgIpc) is 3.05. The van der Waals surface area contributed by atoms with Crippen molar-refractivity contribution in [2.45, 2.75) is 37.8 Å². The highest BCUT2D eigenvalue weighted by molar-refractivity contribution is 5.94. The normalized spacial score (nSPS) is 23.8. The molecule has 27 heavy (non-hydrogen) atoms. The molecule has 142 valence electrons. The van der Waals surface area contributed by atoms with Crippen LogP contribution in [0.3, 0.4) is 0 Å². The lowest BCUT2D eigenvalue weighted by molar-refractivity contribution is -0.124. The van der Waals surface area contributed by atoms with E-state index in [2.05, 4.69) is 15.7 Å². The number of nitrogens with zero attached hydrogens (tertiary/aromatic N) is 2. The maximum atomic E-state index is 12.4. The van der Waals surface area contributed by atoms with Gasteiger partial charge in [0.15, 0.2) is 0 Å². The first-order valence-electron chi connectivity index (χ1n) is 9.38. The van der Waals surface area contributed by atoms with Crippen LogP contribution < -0.4 is 10.6 Å². The molecule has 2 fully saturated rings. The molecule has 0 bridgehead atoms. The third kappa shape index (κ3) is 4.19. The van der Waals surface area contributed by atoms with Crippen molar-refractivity contribution in [1.82, 2.24) is 15.1 Å². The van der Waals surface area contributed by atoms with E-state index < -0.39 is 0 Å². The summed E-state index contributed by atoms with van der Waals surface area (Å²) in [5.74, 6) is 0.260. The van der Waals surface area contributed by atoms with Gasteiger partial charge >= 0.3 is 0 Å². The van der Waals surface area contributed by atoms with Gasteiger partial charge in [-0.25, -0.2) is 0 Å². The zero-order valence-electron chi connectivity index (χ0n) is 15.4. The molecule has 0 unspecified atom stereocenters. The maximum Gasteiger partial charge on any atom is 0.253 e. The van der Waals surface area contributed by atoms with E-state index in [1.807, 2.05) is 43.7 Å². The molecule has 7 heteroatoms. The zero-order chi connectivity index (χ0) is 18.8. The van der Waals surface area contributed by atoms with E-state index in [4.69, 9.17) is 4.74 Å². The average molecular weight is 368 g/mol. The Morgan fingerprint density at radius 2 is 2.22 bits per heavy atom. The van der Waals surface area contributed by atoms with E-state index in [1.165, 1.54) is 0 Å². The molecule has 1 aromatic heterocycles. The fraction of sp³-hybridized carbons (Fsp3) is 0.450. The summed E-state index contributed by atoms with van der Waals surface area (Å²) in [6, 6.07) is 7.55. The number of hydrogen-bond acceptors (Lipinski definition) is 4. The first-order valence-corrected chi connectivity index (χ1v) is 9.38. The Balaban J connectivity index is 1.28. The largest absolute Gasteiger partial charge is 0.368 e. The molecule has 2 aliphatic rings. The summed E-state index contributed by atoms with van der Waals surface area (Å²) in [7, 11) is 1.88.